The van der Waals surface area contributed by atoms with Gasteiger partial charge in [-0.1, -0.05) is 6.07 Å². The van der Waals surface area contributed by atoms with Gasteiger partial charge in [-0.3, -0.25) is 4.79 Å². The number of furan rings is 1. The third kappa shape index (κ3) is 1.16. The Labute approximate surface area is 94.6 Å². The first kappa shape index (κ1) is 10.3. The third-order valence-electron chi connectivity index (χ3n) is 3.30. The van der Waals surface area contributed by atoms with Crippen molar-refractivity contribution in [1.82, 2.24) is 0 Å². The number of hydrogen-bond donors (Lipinski definition) is 1. The van der Waals surface area contributed by atoms with E-state index in [1.165, 1.54) is 24.5 Å². The maximum atomic E-state index is 13.3. The van der Waals surface area contributed by atoms with Gasteiger partial charge in [-0.25, -0.2) is 8.78 Å². The Morgan fingerprint density at radius 1 is 1.35 bits per heavy atom. The van der Waals surface area contributed by atoms with Crippen LogP contribution < -0.4 is 0 Å². The standard InChI is InChI=1S/C12H8F2O3/c13-12(14)6-11(12,10(15)16)8-1-2-9-7(5-8)3-4-17-9/h1-5H,6H2,(H,15,16). The van der Waals surface area contributed by atoms with Gasteiger partial charge in [-0.15, -0.1) is 0 Å². The minimum atomic E-state index is -3.17. The molecule has 1 unspecified atom stereocenters. The van der Waals surface area contributed by atoms with Gasteiger partial charge < -0.3 is 9.52 Å². The van der Waals surface area contributed by atoms with Crippen molar-refractivity contribution in [2.75, 3.05) is 0 Å². The maximum Gasteiger partial charge on any atom is 0.320 e. The lowest BCUT2D eigenvalue weighted by Crippen LogP contribution is -2.26. The number of carboxylic acids is 1. The number of aliphatic carboxylic acids is 1. The van der Waals surface area contributed by atoms with Crippen LogP contribution in [0.2, 0.25) is 0 Å². The molecule has 1 aliphatic rings. The Morgan fingerprint density at radius 3 is 2.65 bits per heavy atom. The molecule has 0 amide bonds. The molecule has 3 nitrogen and oxygen atoms in total. The number of benzene rings is 1. The van der Waals surface area contributed by atoms with Crippen molar-refractivity contribution in [3.63, 3.8) is 0 Å². The predicted molar refractivity (Wildman–Crippen MR) is 55.1 cm³/mol. The van der Waals surface area contributed by atoms with Gasteiger partial charge in [0.15, 0.2) is 5.41 Å². The van der Waals surface area contributed by atoms with Crippen LogP contribution in [0, 0.1) is 0 Å². The molecule has 0 saturated heterocycles. The molecule has 5 heteroatoms. The predicted octanol–water partition coefficient (Wildman–Crippen LogP) is 2.79. The van der Waals surface area contributed by atoms with Crippen molar-refractivity contribution in [3.8, 4) is 0 Å². The van der Waals surface area contributed by atoms with Crippen LogP contribution in [0.15, 0.2) is 34.9 Å². The fourth-order valence-corrected chi connectivity index (χ4v) is 2.19. The van der Waals surface area contributed by atoms with Crippen LogP contribution in [-0.2, 0) is 10.2 Å². The lowest BCUT2D eigenvalue weighted by atomic mass is 9.94. The first-order valence-corrected chi connectivity index (χ1v) is 5.06. The van der Waals surface area contributed by atoms with Crippen LogP contribution in [0.25, 0.3) is 11.0 Å². The molecule has 1 aliphatic carbocycles. The number of hydrogen-bond acceptors (Lipinski definition) is 2. The van der Waals surface area contributed by atoms with Crippen LogP contribution >= 0.6 is 0 Å². The SMILES string of the molecule is O=C(O)C1(c2ccc3occc3c2)CC1(F)F. The summed E-state index contributed by atoms with van der Waals surface area (Å²) in [7, 11) is 0. The average molecular weight is 238 g/mol. The summed E-state index contributed by atoms with van der Waals surface area (Å²) < 4.78 is 31.7. The molecule has 0 radical (unpaired) electrons. The van der Waals surface area contributed by atoms with Crippen LogP contribution in [0.5, 0.6) is 0 Å². The fourth-order valence-electron chi connectivity index (χ4n) is 2.19. The number of carbonyl (C=O) groups is 1. The average Bonchev–Trinajstić information content (AvgIpc) is 2.67. The summed E-state index contributed by atoms with van der Waals surface area (Å²) in [5.74, 6) is -4.65. The quantitative estimate of drug-likeness (QED) is 0.875. The zero-order valence-electron chi connectivity index (χ0n) is 8.61. The van der Waals surface area contributed by atoms with Crippen LogP contribution in [0.1, 0.15) is 12.0 Å². The van der Waals surface area contributed by atoms with E-state index < -0.39 is 23.7 Å². The number of alkyl halides is 2. The van der Waals surface area contributed by atoms with Gasteiger partial charge in [0.2, 0.25) is 0 Å². The van der Waals surface area contributed by atoms with Gasteiger partial charge >= 0.3 is 5.97 Å². The van der Waals surface area contributed by atoms with E-state index in [9.17, 15) is 13.6 Å². The van der Waals surface area contributed by atoms with Gasteiger partial charge in [0.05, 0.1) is 6.26 Å². The maximum absolute atomic E-state index is 13.3. The summed E-state index contributed by atoms with van der Waals surface area (Å²) in [6.07, 6.45) is 0.797. The molecule has 0 bridgehead atoms. The molecule has 88 valence electrons. The Bertz CT molecular complexity index is 617. The molecule has 1 atom stereocenters. The summed E-state index contributed by atoms with van der Waals surface area (Å²) in [4.78, 5) is 11.1. The highest BCUT2D eigenvalue weighted by Gasteiger charge is 2.77. The second kappa shape index (κ2) is 2.85. The number of fused-ring (bicyclic) bond motifs is 1. The smallest absolute Gasteiger partial charge is 0.320 e. The fraction of sp³-hybridized carbons (Fsp3) is 0.250. The van der Waals surface area contributed by atoms with Crippen molar-refractivity contribution >= 4 is 16.9 Å². The van der Waals surface area contributed by atoms with Crippen LogP contribution in [0.4, 0.5) is 8.78 Å². The summed E-state index contributed by atoms with van der Waals surface area (Å²) >= 11 is 0. The summed E-state index contributed by atoms with van der Waals surface area (Å²) in [5, 5.41) is 9.64. The lowest BCUT2D eigenvalue weighted by Gasteiger charge is -2.11. The topological polar surface area (TPSA) is 50.4 Å². The van der Waals surface area contributed by atoms with Gasteiger partial charge in [-0.05, 0) is 23.8 Å². The first-order valence-electron chi connectivity index (χ1n) is 5.06. The highest BCUT2D eigenvalue weighted by Crippen LogP contribution is 2.61. The third-order valence-corrected chi connectivity index (χ3v) is 3.30. The molecule has 0 spiro atoms. The van der Waals surface area contributed by atoms with E-state index in [2.05, 4.69) is 0 Å². The molecular weight excluding hydrogens is 230 g/mol. The number of rotatable bonds is 2. The molecular formula is C12H8F2O3. The van der Waals surface area contributed by atoms with E-state index in [0.717, 1.165) is 0 Å². The van der Waals surface area contributed by atoms with Crippen molar-refractivity contribution in [2.45, 2.75) is 17.8 Å². The van der Waals surface area contributed by atoms with E-state index in [-0.39, 0.29) is 5.56 Å². The van der Waals surface area contributed by atoms with E-state index in [1.807, 2.05) is 0 Å². The van der Waals surface area contributed by atoms with E-state index >= 15 is 0 Å². The van der Waals surface area contributed by atoms with Gasteiger partial charge in [-0.2, -0.15) is 0 Å². The van der Waals surface area contributed by atoms with Crippen molar-refractivity contribution in [3.05, 3.63) is 36.1 Å². The largest absolute Gasteiger partial charge is 0.480 e. The van der Waals surface area contributed by atoms with Crippen LogP contribution in [-0.4, -0.2) is 17.0 Å². The Balaban J connectivity index is 2.17. The number of carboxylic acid groups (broad SMARTS) is 1. The summed E-state index contributed by atoms with van der Waals surface area (Å²) in [6, 6.07) is 5.98. The van der Waals surface area contributed by atoms with Gasteiger partial charge in [0, 0.05) is 11.8 Å². The monoisotopic (exact) mass is 238 g/mol. The molecule has 1 aromatic carbocycles. The highest BCUT2D eigenvalue weighted by atomic mass is 19.3. The lowest BCUT2D eigenvalue weighted by molar-refractivity contribution is -0.142. The van der Waals surface area contributed by atoms with E-state index in [1.54, 1.807) is 6.07 Å². The van der Waals surface area contributed by atoms with Crippen molar-refractivity contribution in [1.29, 1.82) is 0 Å². The minimum Gasteiger partial charge on any atom is -0.480 e. The summed E-state index contributed by atoms with van der Waals surface area (Å²) in [5.41, 5.74) is -1.37. The molecule has 1 saturated carbocycles. The van der Waals surface area contributed by atoms with Crippen LogP contribution in [0.3, 0.4) is 0 Å². The Kier molecular flexibility index (Phi) is 1.72. The highest BCUT2D eigenvalue weighted by molar-refractivity contribution is 5.90. The second-order valence-electron chi connectivity index (χ2n) is 4.26. The first-order chi connectivity index (χ1) is 7.97. The van der Waals surface area contributed by atoms with E-state index in [0.29, 0.717) is 11.0 Å². The zero-order chi connectivity index (χ0) is 12.3. The second-order valence-corrected chi connectivity index (χ2v) is 4.26. The summed E-state index contributed by atoms with van der Waals surface area (Å²) in [6.45, 7) is 0. The molecule has 1 fully saturated rings. The molecule has 1 aromatic heterocycles. The molecule has 0 aliphatic heterocycles. The zero-order valence-corrected chi connectivity index (χ0v) is 8.61. The van der Waals surface area contributed by atoms with Crippen molar-refractivity contribution < 1.29 is 23.1 Å². The normalized spacial score (nSPS) is 26.0. The number of halogens is 2. The molecule has 2 aromatic rings. The van der Waals surface area contributed by atoms with Gasteiger partial charge in [0.1, 0.15) is 5.58 Å². The molecule has 1 N–H and O–H groups in total. The molecule has 1 heterocycles. The minimum absolute atomic E-state index is 0.129. The molecule has 3 rings (SSSR count). The van der Waals surface area contributed by atoms with Gasteiger partial charge in [0.25, 0.3) is 5.92 Å². The molecule has 17 heavy (non-hydrogen) atoms. The Morgan fingerprint density at radius 2 is 2.06 bits per heavy atom. The Hall–Kier alpha value is -1.91. The van der Waals surface area contributed by atoms with Crippen molar-refractivity contribution in [2.24, 2.45) is 0 Å². The van der Waals surface area contributed by atoms with E-state index in [4.69, 9.17) is 9.52 Å².